The number of hydrogen-bond acceptors (Lipinski definition) is 13. The molecule has 2 saturated heterocycles. The Morgan fingerprint density at radius 3 is 1.77 bits per heavy atom. The van der Waals surface area contributed by atoms with Gasteiger partial charge in [-0.2, -0.15) is 0 Å². The van der Waals surface area contributed by atoms with Crippen LogP contribution in [0.3, 0.4) is 0 Å². The Balaban J connectivity index is 1.76. The lowest BCUT2D eigenvalue weighted by Crippen LogP contribution is -2.65. The molecule has 53 heavy (non-hydrogen) atoms. The van der Waals surface area contributed by atoms with Gasteiger partial charge in [0.15, 0.2) is 12.6 Å². The van der Waals surface area contributed by atoms with E-state index in [0.717, 1.165) is 25.7 Å². The number of carbonyl (C=O) groups excluding carboxylic acids is 1. The molecule has 0 aliphatic carbocycles. The first-order valence-corrected chi connectivity index (χ1v) is 19.7. The van der Waals surface area contributed by atoms with E-state index in [1.165, 1.54) is 57.8 Å². The van der Waals surface area contributed by atoms with Gasteiger partial charge in [-0.1, -0.05) is 102 Å². The zero-order valence-electron chi connectivity index (χ0n) is 31.7. The predicted molar refractivity (Wildman–Crippen MR) is 198 cm³/mol. The van der Waals surface area contributed by atoms with Gasteiger partial charge >= 0.3 is 0 Å². The average molecular weight is 760 g/mol. The van der Waals surface area contributed by atoms with Crippen LogP contribution in [0.1, 0.15) is 110 Å². The molecule has 0 aromatic rings. The maximum Gasteiger partial charge on any atom is 0.220 e. The normalized spacial score (nSPS) is 30.8. The summed E-state index contributed by atoms with van der Waals surface area (Å²) >= 11 is 0. The summed E-state index contributed by atoms with van der Waals surface area (Å²) in [6.07, 6.45) is 11.8. The van der Waals surface area contributed by atoms with Crippen LogP contribution >= 0.6 is 0 Å². The van der Waals surface area contributed by atoms with Gasteiger partial charge in [-0.05, 0) is 38.5 Å². The van der Waals surface area contributed by atoms with E-state index in [1.807, 2.05) is 6.08 Å². The van der Waals surface area contributed by atoms with Crippen LogP contribution in [0.4, 0.5) is 0 Å². The monoisotopic (exact) mass is 759 g/mol. The van der Waals surface area contributed by atoms with Crippen LogP contribution in [0.2, 0.25) is 0 Å². The summed E-state index contributed by atoms with van der Waals surface area (Å²) in [5, 5.41) is 85.0. The Labute approximate surface area is 315 Å². The Bertz CT molecular complexity index is 1040. The first-order valence-electron chi connectivity index (χ1n) is 19.7. The van der Waals surface area contributed by atoms with E-state index in [1.54, 1.807) is 13.0 Å². The van der Waals surface area contributed by atoms with Crippen LogP contribution in [0, 0.1) is 0 Å². The molecule has 2 heterocycles. The molecule has 0 spiro atoms. The zero-order chi connectivity index (χ0) is 39.0. The fraction of sp³-hybridized carbons (Fsp3) is 0.821. The molecule has 9 N–H and O–H groups in total. The molecule has 0 aromatic carbocycles. The highest BCUT2D eigenvalue weighted by atomic mass is 16.7. The molecule has 0 radical (unpaired) electrons. The third-order valence-corrected chi connectivity index (χ3v) is 9.62. The van der Waals surface area contributed by atoms with Crippen molar-refractivity contribution in [2.75, 3.05) is 19.8 Å². The number of unbranched alkanes of at least 4 members (excludes halogenated alkanes) is 11. The molecule has 12 atom stereocenters. The standard InChI is InChI=1S/C39H69NO13/c1-3-5-6-7-8-9-10-11-12-13-14-15-16-17-18-19-20-21-22-23-28(43)27(40-31(44)4-2)26-50-38-36(49)34(47)37(30(25-42)52-38)53-39-35(48)33(46)32(45)29(24-41)51-39/h14-15,18-19,22-23,27-30,32-39,41-43,45-49H,3-13,16-17,20-21,24-26H2,1-2H3,(H,40,44)/b15-14+,19-18+,23-22+. The lowest BCUT2D eigenvalue weighted by Gasteiger charge is -2.46. The van der Waals surface area contributed by atoms with Crippen molar-refractivity contribution >= 4 is 5.91 Å². The summed E-state index contributed by atoms with van der Waals surface area (Å²) in [7, 11) is 0. The van der Waals surface area contributed by atoms with Crippen LogP contribution in [0.15, 0.2) is 36.5 Å². The Hall–Kier alpha value is -1.79. The molecule has 2 aliphatic rings. The Kier molecular flexibility index (Phi) is 24.8. The SMILES string of the molecule is CCCCCCCCCCC/C=C/CC/C=C/CC/C=C/C(O)C(COC1OC(CO)C(OC2OC(CO)C(O)C(O)C2O)C(O)C1O)NC(=O)CC. The Morgan fingerprint density at radius 1 is 0.660 bits per heavy atom. The van der Waals surface area contributed by atoms with Gasteiger partial charge < -0.3 is 65.1 Å². The molecule has 2 aliphatic heterocycles. The van der Waals surface area contributed by atoms with E-state index >= 15 is 0 Å². The molecule has 1 amide bonds. The average Bonchev–Trinajstić information content (AvgIpc) is 3.16. The van der Waals surface area contributed by atoms with Gasteiger partial charge in [-0.15, -0.1) is 0 Å². The summed E-state index contributed by atoms with van der Waals surface area (Å²) in [5.74, 6) is -0.345. The minimum absolute atomic E-state index is 0.150. The molecule has 14 heteroatoms. The minimum Gasteiger partial charge on any atom is -0.394 e. The maximum absolute atomic E-state index is 12.2. The largest absolute Gasteiger partial charge is 0.394 e. The molecule has 2 rings (SSSR count). The maximum atomic E-state index is 12.2. The highest BCUT2D eigenvalue weighted by molar-refractivity contribution is 5.75. The van der Waals surface area contributed by atoms with Crippen molar-refractivity contribution in [1.82, 2.24) is 5.32 Å². The number of carbonyl (C=O) groups is 1. The predicted octanol–water partition coefficient (Wildman–Crippen LogP) is 2.03. The quantitative estimate of drug-likeness (QED) is 0.0432. The number of nitrogens with one attached hydrogen (secondary N) is 1. The van der Waals surface area contributed by atoms with Crippen molar-refractivity contribution in [2.24, 2.45) is 0 Å². The molecule has 0 bridgehead atoms. The molecular formula is C39H69NO13. The van der Waals surface area contributed by atoms with Gasteiger partial charge in [-0.3, -0.25) is 4.79 Å². The molecule has 0 saturated carbocycles. The van der Waals surface area contributed by atoms with E-state index in [0.29, 0.717) is 6.42 Å². The lowest BCUT2D eigenvalue weighted by molar-refractivity contribution is -0.359. The third-order valence-electron chi connectivity index (χ3n) is 9.62. The van der Waals surface area contributed by atoms with Crippen molar-refractivity contribution in [1.29, 1.82) is 0 Å². The van der Waals surface area contributed by atoms with Crippen molar-refractivity contribution < 1.29 is 64.6 Å². The van der Waals surface area contributed by atoms with Crippen LogP contribution < -0.4 is 5.32 Å². The third kappa shape index (κ3) is 17.3. The van der Waals surface area contributed by atoms with Crippen LogP contribution in [0.5, 0.6) is 0 Å². The minimum atomic E-state index is -1.79. The molecule has 14 nitrogen and oxygen atoms in total. The number of allylic oxidation sites excluding steroid dienone is 5. The first-order chi connectivity index (χ1) is 25.6. The molecule has 0 aromatic heterocycles. The van der Waals surface area contributed by atoms with Crippen molar-refractivity contribution in [3.63, 3.8) is 0 Å². The number of amides is 1. The van der Waals surface area contributed by atoms with E-state index in [-0.39, 0.29) is 18.9 Å². The first kappa shape index (κ1) is 47.4. The zero-order valence-corrected chi connectivity index (χ0v) is 31.7. The van der Waals surface area contributed by atoms with Gasteiger partial charge in [0.1, 0.15) is 48.8 Å². The second-order valence-corrected chi connectivity index (χ2v) is 14.0. The Morgan fingerprint density at radius 2 is 1.19 bits per heavy atom. The van der Waals surface area contributed by atoms with Gasteiger partial charge in [0.2, 0.25) is 5.91 Å². The lowest BCUT2D eigenvalue weighted by atomic mass is 9.97. The summed E-state index contributed by atoms with van der Waals surface area (Å²) in [5.41, 5.74) is 0. The summed E-state index contributed by atoms with van der Waals surface area (Å²) < 4.78 is 22.2. The summed E-state index contributed by atoms with van der Waals surface area (Å²) in [6, 6.07) is -0.930. The van der Waals surface area contributed by atoms with Crippen LogP contribution in [-0.4, -0.2) is 140 Å². The smallest absolute Gasteiger partial charge is 0.220 e. The number of rotatable bonds is 27. The highest BCUT2D eigenvalue weighted by Crippen LogP contribution is 2.29. The molecule has 2 fully saturated rings. The number of ether oxygens (including phenoxy) is 4. The fourth-order valence-electron chi connectivity index (χ4n) is 6.22. The van der Waals surface area contributed by atoms with Gasteiger partial charge in [0, 0.05) is 6.42 Å². The second kappa shape index (κ2) is 27.7. The molecule has 12 unspecified atom stereocenters. The summed E-state index contributed by atoms with van der Waals surface area (Å²) in [6.45, 7) is 2.15. The number of hydrogen-bond donors (Lipinski definition) is 9. The van der Waals surface area contributed by atoms with Crippen LogP contribution in [-0.2, 0) is 23.7 Å². The van der Waals surface area contributed by atoms with E-state index < -0.39 is 86.8 Å². The molecular weight excluding hydrogens is 690 g/mol. The van der Waals surface area contributed by atoms with Gasteiger partial charge in [-0.25, -0.2) is 0 Å². The highest BCUT2D eigenvalue weighted by Gasteiger charge is 2.50. The van der Waals surface area contributed by atoms with Crippen molar-refractivity contribution in [3.05, 3.63) is 36.5 Å². The fourth-order valence-corrected chi connectivity index (χ4v) is 6.22. The van der Waals surface area contributed by atoms with Crippen LogP contribution in [0.25, 0.3) is 0 Å². The topological polar surface area (TPSA) is 228 Å². The van der Waals surface area contributed by atoms with E-state index in [4.69, 9.17) is 18.9 Å². The van der Waals surface area contributed by atoms with Crippen molar-refractivity contribution in [3.8, 4) is 0 Å². The van der Waals surface area contributed by atoms with E-state index in [2.05, 4.69) is 36.5 Å². The van der Waals surface area contributed by atoms with Gasteiger partial charge in [0.05, 0.1) is 32.0 Å². The summed E-state index contributed by atoms with van der Waals surface area (Å²) in [4.78, 5) is 12.2. The molecule has 308 valence electrons. The van der Waals surface area contributed by atoms with Crippen molar-refractivity contribution in [2.45, 2.75) is 184 Å². The number of aliphatic hydroxyl groups excluding tert-OH is 8. The number of aliphatic hydroxyl groups is 8. The second-order valence-electron chi connectivity index (χ2n) is 14.0. The van der Waals surface area contributed by atoms with Gasteiger partial charge in [0.25, 0.3) is 0 Å². The van der Waals surface area contributed by atoms with E-state index in [9.17, 15) is 45.6 Å².